The molecule has 0 saturated heterocycles. The van der Waals surface area contributed by atoms with Crippen molar-refractivity contribution in [3.05, 3.63) is 6.20 Å². The number of nitrogens with two attached hydrogens (primary N) is 1. The number of ether oxygens (including phenoxy) is 1. The fraction of sp³-hybridized carbons (Fsp3) is 0.571. The van der Waals surface area contributed by atoms with Crippen molar-refractivity contribution in [3.63, 3.8) is 0 Å². The summed E-state index contributed by atoms with van der Waals surface area (Å²) in [7, 11) is 0. The minimum atomic E-state index is 0.777. The third-order valence-electron chi connectivity index (χ3n) is 1.89. The SMILES string of the molecule is NSc1cnn2c1OCCCC2. The maximum absolute atomic E-state index is 5.51. The number of aryl methyl sites for hydroxylation is 1. The summed E-state index contributed by atoms with van der Waals surface area (Å²) in [5.74, 6) is 0.833. The third kappa shape index (κ3) is 1.30. The second kappa shape index (κ2) is 3.37. The quantitative estimate of drug-likeness (QED) is 0.664. The van der Waals surface area contributed by atoms with E-state index in [2.05, 4.69) is 5.10 Å². The molecule has 12 heavy (non-hydrogen) atoms. The fourth-order valence-electron chi connectivity index (χ4n) is 1.28. The van der Waals surface area contributed by atoms with Gasteiger partial charge in [-0.3, -0.25) is 5.14 Å². The lowest BCUT2D eigenvalue weighted by molar-refractivity contribution is 0.296. The van der Waals surface area contributed by atoms with Gasteiger partial charge in [-0.05, 0) is 24.8 Å². The highest BCUT2D eigenvalue weighted by atomic mass is 32.2. The van der Waals surface area contributed by atoms with Gasteiger partial charge in [-0.25, -0.2) is 4.68 Å². The molecule has 2 heterocycles. The molecule has 66 valence electrons. The molecule has 1 aliphatic heterocycles. The van der Waals surface area contributed by atoms with E-state index in [-0.39, 0.29) is 0 Å². The molecule has 0 unspecified atom stereocenters. The van der Waals surface area contributed by atoms with Crippen molar-refractivity contribution in [1.82, 2.24) is 9.78 Å². The highest BCUT2D eigenvalue weighted by Gasteiger charge is 2.13. The lowest BCUT2D eigenvalue weighted by Crippen LogP contribution is -2.00. The molecular weight excluding hydrogens is 174 g/mol. The fourth-order valence-corrected chi connectivity index (χ4v) is 1.65. The van der Waals surface area contributed by atoms with Gasteiger partial charge in [-0.15, -0.1) is 0 Å². The average molecular weight is 185 g/mol. The zero-order valence-corrected chi connectivity index (χ0v) is 7.51. The summed E-state index contributed by atoms with van der Waals surface area (Å²) in [5.41, 5.74) is 0. The largest absolute Gasteiger partial charge is 0.477 e. The smallest absolute Gasteiger partial charge is 0.227 e. The zero-order valence-electron chi connectivity index (χ0n) is 6.69. The van der Waals surface area contributed by atoms with Gasteiger partial charge in [0, 0.05) is 6.54 Å². The molecule has 0 radical (unpaired) electrons. The Bertz CT molecular complexity index is 274. The maximum Gasteiger partial charge on any atom is 0.227 e. The molecule has 1 aromatic rings. The second-order valence-electron chi connectivity index (χ2n) is 2.71. The summed E-state index contributed by atoms with van der Waals surface area (Å²) in [4.78, 5) is 0.928. The minimum Gasteiger partial charge on any atom is -0.477 e. The van der Waals surface area contributed by atoms with Crippen molar-refractivity contribution in [3.8, 4) is 5.88 Å². The molecule has 0 bridgehead atoms. The Kier molecular flexibility index (Phi) is 2.23. The first-order valence-corrected chi connectivity index (χ1v) is 4.85. The molecule has 1 aromatic heterocycles. The van der Waals surface area contributed by atoms with E-state index in [0.29, 0.717) is 0 Å². The normalized spacial score (nSPS) is 16.4. The van der Waals surface area contributed by atoms with Crippen LogP contribution < -0.4 is 9.88 Å². The molecule has 2 N–H and O–H groups in total. The van der Waals surface area contributed by atoms with Crippen LogP contribution in [0.5, 0.6) is 5.88 Å². The van der Waals surface area contributed by atoms with Gasteiger partial charge in [-0.2, -0.15) is 5.10 Å². The van der Waals surface area contributed by atoms with Crippen molar-refractivity contribution in [1.29, 1.82) is 0 Å². The number of fused-ring (bicyclic) bond motifs is 1. The third-order valence-corrected chi connectivity index (χ3v) is 2.42. The molecule has 0 fully saturated rings. The van der Waals surface area contributed by atoms with Gasteiger partial charge < -0.3 is 4.74 Å². The predicted octanol–water partition coefficient (Wildman–Crippen LogP) is 1.02. The van der Waals surface area contributed by atoms with Crippen LogP contribution in [-0.2, 0) is 6.54 Å². The van der Waals surface area contributed by atoms with Gasteiger partial charge in [0.05, 0.1) is 12.8 Å². The van der Waals surface area contributed by atoms with E-state index in [0.717, 1.165) is 36.8 Å². The Morgan fingerprint density at radius 1 is 1.58 bits per heavy atom. The lowest BCUT2D eigenvalue weighted by atomic mass is 10.3. The number of nitrogens with zero attached hydrogens (tertiary/aromatic N) is 2. The molecule has 0 spiro atoms. The van der Waals surface area contributed by atoms with Gasteiger partial charge in [-0.1, -0.05) is 0 Å². The van der Waals surface area contributed by atoms with E-state index in [4.69, 9.17) is 9.88 Å². The van der Waals surface area contributed by atoms with Gasteiger partial charge in [0.1, 0.15) is 4.90 Å². The Morgan fingerprint density at radius 3 is 3.33 bits per heavy atom. The molecule has 0 saturated carbocycles. The Morgan fingerprint density at radius 2 is 2.50 bits per heavy atom. The van der Waals surface area contributed by atoms with E-state index >= 15 is 0 Å². The molecule has 1 aliphatic rings. The van der Waals surface area contributed by atoms with E-state index in [1.807, 2.05) is 4.68 Å². The first-order valence-electron chi connectivity index (χ1n) is 3.97. The molecular formula is C7H11N3OS. The first-order chi connectivity index (χ1) is 5.92. The topological polar surface area (TPSA) is 53.1 Å². The maximum atomic E-state index is 5.51. The van der Waals surface area contributed by atoms with Crippen molar-refractivity contribution < 1.29 is 4.74 Å². The van der Waals surface area contributed by atoms with Gasteiger partial charge >= 0.3 is 0 Å². The molecule has 0 amide bonds. The van der Waals surface area contributed by atoms with E-state index in [1.165, 1.54) is 11.9 Å². The summed E-state index contributed by atoms with van der Waals surface area (Å²) >= 11 is 1.19. The van der Waals surface area contributed by atoms with Crippen LogP contribution >= 0.6 is 11.9 Å². The number of rotatable bonds is 1. The molecule has 2 rings (SSSR count). The average Bonchev–Trinajstić information content (AvgIpc) is 2.33. The van der Waals surface area contributed by atoms with Crippen LogP contribution in [0.3, 0.4) is 0 Å². The second-order valence-corrected chi connectivity index (χ2v) is 3.39. The number of hydrogen-bond donors (Lipinski definition) is 1. The summed E-state index contributed by atoms with van der Waals surface area (Å²) in [5, 5.41) is 9.63. The predicted molar refractivity (Wildman–Crippen MR) is 47.0 cm³/mol. The van der Waals surface area contributed by atoms with Crippen LogP contribution in [0.2, 0.25) is 0 Å². The van der Waals surface area contributed by atoms with Crippen LogP contribution in [0.15, 0.2) is 11.1 Å². The van der Waals surface area contributed by atoms with Crippen LogP contribution in [0.25, 0.3) is 0 Å². The van der Waals surface area contributed by atoms with Crippen molar-refractivity contribution in [2.75, 3.05) is 6.61 Å². The Hall–Kier alpha value is -0.680. The summed E-state index contributed by atoms with van der Waals surface area (Å²) in [6.07, 6.45) is 3.98. The van der Waals surface area contributed by atoms with Crippen LogP contribution in [0, 0.1) is 0 Å². The Balaban J connectivity index is 2.32. The molecule has 0 aliphatic carbocycles. The molecule has 0 atom stereocenters. The standard InChI is InChI=1S/C7H11N3OS/c8-12-6-5-9-10-3-1-2-4-11-7(6)10/h5H,1-4,8H2. The van der Waals surface area contributed by atoms with Crippen LogP contribution in [0.4, 0.5) is 0 Å². The van der Waals surface area contributed by atoms with Crippen LogP contribution in [-0.4, -0.2) is 16.4 Å². The van der Waals surface area contributed by atoms with E-state index < -0.39 is 0 Å². The van der Waals surface area contributed by atoms with Crippen molar-refractivity contribution >= 4 is 11.9 Å². The van der Waals surface area contributed by atoms with Crippen LogP contribution in [0.1, 0.15) is 12.8 Å². The Labute approximate surface area is 75.2 Å². The minimum absolute atomic E-state index is 0.777. The van der Waals surface area contributed by atoms with Gasteiger partial charge in [0.2, 0.25) is 5.88 Å². The molecule has 4 nitrogen and oxygen atoms in total. The zero-order chi connectivity index (χ0) is 8.39. The molecule has 5 heteroatoms. The lowest BCUT2D eigenvalue weighted by Gasteiger charge is -2.03. The summed E-state index contributed by atoms with van der Waals surface area (Å²) in [6, 6.07) is 0. The van der Waals surface area contributed by atoms with Gasteiger partial charge in [0.25, 0.3) is 0 Å². The van der Waals surface area contributed by atoms with Gasteiger partial charge in [0.15, 0.2) is 0 Å². The highest BCUT2D eigenvalue weighted by molar-refractivity contribution is 7.97. The monoisotopic (exact) mass is 185 g/mol. The van der Waals surface area contributed by atoms with E-state index in [1.54, 1.807) is 6.20 Å². The van der Waals surface area contributed by atoms with Crippen molar-refractivity contribution in [2.24, 2.45) is 5.14 Å². The summed E-state index contributed by atoms with van der Waals surface area (Å²) in [6.45, 7) is 1.72. The summed E-state index contributed by atoms with van der Waals surface area (Å²) < 4.78 is 7.39. The number of hydrogen-bond acceptors (Lipinski definition) is 4. The molecule has 0 aromatic carbocycles. The highest BCUT2D eigenvalue weighted by Crippen LogP contribution is 2.27. The number of aromatic nitrogens is 2. The van der Waals surface area contributed by atoms with E-state index in [9.17, 15) is 0 Å². The first kappa shape index (κ1) is 7.94. The van der Waals surface area contributed by atoms with Crippen molar-refractivity contribution in [2.45, 2.75) is 24.3 Å².